The molecule has 0 heterocycles. The summed E-state index contributed by atoms with van der Waals surface area (Å²) >= 11 is 6.09. The van der Waals surface area contributed by atoms with E-state index in [-0.39, 0.29) is 0 Å². The van der Waals surface area contributed by atoms with Crippen molar-refractivity contribution in [1.29, 1.82) is 0 Å². The molecular weight excluding hydrogens is 346 g/mol. The molecule has 0 fully saturated rings. The third-order valence-corrected chi connectivity index (χ3v) is 3.66. The summed E-state index contributed by atoms with van der Waals surface area (Å²) in [5, 5.41) is 9.50. The van der Waals surface area contributed by atoms with E-state index >= 15 is 0 Å². The Hall–Kier alpha value is -2.73. The van der Waals surface area contributed by atoms with E-state index in [9.17, 15) is 4.79 Å². The van der Waals surface area contributed by atoms with Gasteiger partial charge in [-0.25, -0.2) is 4.79 Å². The number of methoxy groups -OCH3 is 2. The average Bonchev–Trinajstić information content (AvgIpc) is 2.60. The van der Waals surface area contributed by atoms with Gasteiger partial charge in [0.05, 0.1) is 24.9 Å². The summed E-state index contributed by atoms with van der Waals surface area (Å²) < 4.78 is 15.9. The van der Waals surface area contributed by atoms with Crippen molar-refractivity contribution in [3.8, 4) is 17.2 Å². The van der Waals surface area contributed by atoms with Crippen LogP contribution in [-0.2, 0) is 4.79 Å². The molecule has 0 aromatic heterocycles. The molecule has 2 rings (SSSR count). The number of halogens is 1. The highest BCUT2D eigenvalue weighted by Crippen LogP contribution is 2.32. The van der Waals surface area contributed by atoms with E-state index in [0.29, 0.717) is 33.5 Å². The highest BCUT2D eigenvalue weighted by Gasteiger charge is 2.17. The molecule has 2 aromatic carbocycles. The van der Waals surface area contributed by atoms with Crippen LogP contribution in [0.15, 0.2) is 41.4 Å². The zero-order valence-electron chi connectivity index (χ0n) is 14.0. The van der Waals surface area contributed by atoms with E-state index in [0.717, 1.165) is 0 Å². The van der Waals surface area contributed by atoms with Crippen molar-refractivity contribution in [1.82, 2.24) is 0 Å². The molecule has 0 bridgehead atoms. The van der Waals surface area contributed by atoms with Crippen molar-refractivity contribution < 1.29 is 24.1 Å². The number of benzene rings is 2. The fraction of sp³-hybridized carbons (Fsp3) is 0.222. The van der Waals surface area contributed by atoms with Crippen LogP contribution < -0.4 is 14.2 Å². The van der Waals surface area contributed by atoms with Crippen molar-refractivity contribution in [3.63, 3.8) is 0 Å². The number of aliphatic carboxylic acids is 1. The first kappa shape index (κ1) is 18.6. The van der Waals surface area contributed by atoms with Gasteiger partial charge in [-0.15, -0.1) is 0 Å². The molecule has 0 spiro atoms. The highest BCUT2D eigenvalue weighted by atomic mass is 35.5. The summed E-state index contributed by atoms with van der Waals surface area (Å²) in [5.74, 6) is 0.213. The second-order valence-electron chi connectivity index (χ2n) is 5.05. The molecular formula is C18H18ClNO5. The molecule has 0 unspecified atom stereocenters. The van der Waals surface area contributed by atoms with E-state index < -0.39 is 12.1 Å². The van der Waals surface area contributed by atoms with Crippen LogP contribution in [0.25, 0.3) is 0 Å². The minimum absolute atomic E-state index is 0.309. The topological polar surface area (TPSA) is 77.3 Å². The van der Waals surface area contributed by atoms with Gasteiger partial charge in [-0.2, -0.15) is 0 Å². The molecule has 0 aliphatic carbocycles. The molecule has 0 aliphatic rings. The van der Waals surface area contributed by atoms with Crippen LogP contribution in [0.4, 0.5) is 5.69 Å². The fourth-order valence-electron chi connectivity index (χ4n) is 2.03. The van der Waals surface area contributed by atoms with Gasteiger partial charge in [0.15, 0.2) is 17.6 Å². The van der Waals surface area contributed by atoms with Crippen LogP contribution in [-0.4, -0.2) is 37.6 Å². The lowest BCUT2D eigenvalue weighted by Gasteiger charge is -2.15. The van der Waals surface area contributed by atoms with Gasteiger partial charge < -0.3 is 19.3 Å². The van der Waals surface area contributed by atoms with Gasteiger partial charge >= 0.3 is 5.97 Å². The van der Waals surface area contributed by atoms with E-state index in [1.165, 1.54) is 21.1 Å². The zero-order valence-corrected chi connectivity index (χ0v) is 14.8. The largest absolute Gasteiger partial charge is 0.495 e. The molecule has 25 heavy (non-hydrogen) atoms. The molecule has 132 valence electrons. The first-order valence-corrected chi connectivity index (χ1v) is 7.78. The number of hydrogen-bond donors (Lipinski definition) is 1. The van der Waals surface area contributed by atoms with Crippen molar-refractivity contribution >= 4 is 29.5 Å². The molecule has 0 saturated carbocycles. The maximum Gasteiger partial charge on any atom is 0.344 e. The number of rotatable bonds is 7. The predicted molar refractivity (Wildman–Crippen MR) is 96.0 cm³/mol. The molecule has 0 aliphatic heterocycles. The predicted octanol–water partition coefficient (Wildman–Crippen LogP) is 3.96. The monoisotopic (exact) mass is 363 g/mol. The van der Waals surface area contributed by atoms with Crippen LogP contribution >= 0.6 is 11.6 Å². The number of ether oxygens (including phenoxy) is 3. The molecule has 7 heteroatoms. The van der Waals surface area contributed by atoms with Crippen LogP contribution in [0.1, 0.15) is 12.5 Å². The Morgan fingerprint density at radius 3 is 2.52 bits per heavy atom. The van der Waals surface area contributed by atoms with Crippen LogP contribution in [0, 0.1) is 0 Å². The Bertz CT molecular complexity index is 791. The van der Waals surface area contributed by atoms with Gasteiger partial charge in [-0.1, -0.05) is 17.7 Å². The average molecular weight is 364 g/mol. The quantitative estimate of drug-likeness (QED) is 0.753. The number of carboxylic acids is 1. The summed E-state index contributed by atoms with van der Waals surface area (Å²) in [6, 6.07) is 10.3. The lowest BCUT2D eigenvalue weighted by atomic mass is 10.2. The summed E-state index contributed by atoms with van der Waals surface area (Å²) in [6.45, 7) is 1.44. The second-order valence-corrected chi connectivity index (χ2v) is 5.46. The molecule has 1 N–H and O–H groups in total. The van der Waals surface area contributed by atoms with Gasteiger partial charge in [-0.3, -0.25) is 4.99 Å². The van der Waals surface area contributed by atoms with Gasteiger partial charge in [0, 0.05) is 11.8 Å². The number of hydrogen-bond acceptors (Lipinski definition) is 5. The molecule has 2 aromatic rings. The second kappa shape index (κ2) is 8.39. The maximum absolute atomic E-state index is 11.1. The molecule has 1 atom stereocenters. The van der Waals surface area contributed by atoms with E-state index in [1.807, 2.05) is 0 Å². The zero-order chi connectivity index (χ0) is 18.4. The molecule has 0 saturated heterocycles. The lowest BCUT2D eigenvalue weighted by molar-refractivity contribution is -0.144. The van der Waals surface area contributed by atoms with Crippen LogP contribution in [0.3, 0.4) is 0 Å². The van der Waals surface area contributed by atoms with Gasteiger partial charge in [-0.05, 0) is 37.3 Å². The van der Waals surface area contributed by atoms with E-state index in [2.05, 4.69) is 4.99 Å². The molecule has 0 amide bonds. The third kappa shape index (κ3) is 4.64. The van der Waals surface area contributed by atoms with Crippen LogP contribution in [0.2, 0.25) is 5.02 Å². The number of para-hydroxylation sites is 1. The first-order chi connectivity index (χ1) is 12.0. The van der Waals surface area contributed by atoms with Crippen molar-refractivity contribution in [2.24, 2.45) is 4.99 Å². The SMILES string of the molecule is COc1ccc(N=Cc2cccc(OC)c2O[C@@H](C)C(=O)O)cc1Cl. The van der Waals surface area contributed by atoms with Crippen molar-refractivity contribution in [3.05, 3.63) is 47.0 Å². The lowest BCUT2D eigenvalue weighted by Crippen LogP contribution is -2.23. The van der Waals surface area contributed by atoms with Gasteiger partial charge in [0.2, 0.25) is 0 Å². The number of aliphatic imine (C=N–C) groups is 1. The molecule has 6 nitrogen and oxygen atoms in total. The van der Waals surface area contributed by atoms with E-state index in [1.54, 1.807) is 42.6 Å². The minimum atomic E-state index is -1.07. The Balaban J connectivity index is 2.35. The summed E-state index contributed by atoms with van der Waals surface area (Å²) in [7, 11) is 3.02. The van der Waals surface area contributed by atoms with Crippen molar-refractivity contribution in [2.75, 3.05) is 14.2 Å². The normalized spacial score (nSPS) is 12.0. The summed E-state index contributed by atoms with van der Waals surface area (Å²) in [4.78, 5) is 15.4. The summed E-state index contributed by atoms with van der Waals surface area (Å²) in [6.07, 6.45) is 0.531. The Morgan fingerprint density at radius 1 is 1.20 bits per heavy atom. The van der Waals surface area contributed by atoms with Crippen LogP contribution in [0.5, 0.6) is 17.2 Å². The molecule has 0 radical (unpaired) electrons. The fourth-order valence-corrected chi connectivity index (χ4v) is 2.28. The first-order valence-electron chi connectivity index (χ1n) is 7.40. The minimum Gasteiger partial charge on any atom is -0.495 e. The van der Waals surface area contributed by atoms with Gasteiger partial charge in [0.1, 0.15) is 5.75 Å². The summed E-state index contributed by atoms with van der Waals surface area (Å²) in [5.41, 5.74) is 1.20. The van der Waals surface area contributed by atoms with Gasteiger partial charge in [0.25, 0.3) is 0 Å². The van der Waals surface area contributed by atoms with E-state index in [4.69, 9.17) is 30.9 Å². The Kier molecular flexibility index (Phi) is 6.25. The maximum atomic E-state index is 11.1. The Labute approximate surface area is 150 Å². The Morgan fingerprint density at radius 2 is 1.92 bits per heavy atom. The highest BCUT2D eigenvalue weighted by molar-refractivity contribution is 6.32. The number of nitrogens with zero attached hydrogens (tertiary/aromatic N) is 1. The third-order valence-electron chi connectivity index (χ3n) is 3.36. The smallest absolute Gasteiger partial charge is 0.344 e. The van der Waals surface area contributed by atoms with Crippen molar-refractivity contribution in [2.45, 2.75) is 13.0 Å². The number of carboxylic acid groups (broad SMARTS) is 1. The number of carbonyl (C=O) groups is 1. The standard InChI is InChI=1S/C18H18ClNO5/c1-11(18(21)22)25-17-12(5-4-6-16(17)24-3)10-20-13-7-8-15(23-2)14(19)9-13/h4-11H,1-3H3,(H,21,22)/t11-/m0/s1.